The van der Waals surface area contributed by atoms with Crippen molar-refractivity contribution >= 4 is 17.9 Å². The number of unbranched alkanes of at least 4 members (excludes halogenated alkanes) is 32. The van der Waals surface area contributed by atoms with Crippen LogP contribution in [-0.4, -0.2) is 37.2 Å². The summed E-state index contributed by atoms with van der Waals surface area (Å²) in [5, 5.41) is 0. The van der Waals surface area contributed by atoms with E-state index in [-0.39, 0.29) is 31.1 Å². The molecule has 1 atom stereocenters. The van der Waals surface area contributed by atoms with Crippen LogP contribution in [0.2, 0.25) is 0 Å². The normalized spacial score (nSPS) is 12.4. The summed E-state index contributed by atoms with van der Waals surface area (Å²) in [5.74, 6) is -0.886. The minimum Gasteiger partial charge on any atom is -0.462 e. The van der Waals surface area contributed by atoms with E-state index in [0.717, 1.165) is 96.3 Å². The molecule has 6 heteroatoms. The van der Waals surface area contributed by atoms with Gasteiger partial charge in [0.2, 0.25) is 0 Å². The summed E-state index contributed by atoms with van der Waals surface area (Å²) < 4.78 is 16.8. The van der Waals surface area contributed by atoms with Gasteiger partial charge in [-0.25, -0.2) is 0 Å². The van der Waals surface area contributed by atoms with Crippen LogP contribution in [0.3, 0.4) is 0 Å². The van der Waals surface area contributed by atoms with Crippen molar-refractivity contribution < 1.29 is 28.6 Å². The molecule has 0 aliphatic heterocycles. The van der Waals surface area contributed by atoms with Crippen LogP contribution in [0.1, 0.15) is 290 Å². The van der Waals surface area contributed by atoms with Crippen LogP contribution >= 0.6 is 0 Å². The number of rotatable bonds is 51. The third-order valence-electron chi connectivity index (χ3n) is 12.3. The van der Waals surface area contributed by atoms with Gasteiger partial charge in [0.15, 0.2) is 6.10 Å². The summed E-state index contributed by atoms with van der Waals surface area (Å²) in [5.41, 5.74) is 0. The lowest BCUT2D eigenvalue weighted by molar-refractivity contribution is -0.167. The highest BCUT2D eigenvalue weighted by atomic mass is 16.6. The highest BCUT2D eigenvalue weighted by molar-refractivity contribution is 5.71. The molecule has 0 saturated carbocycles. The van der Waals surface area contributed by atoms with E-state index in [4.69, 9.17) is 14.2 Å². The van der Waals surface area contributed by atoms with Crippen molar-refractivity contribution in [1.29, 1.82) is 0 Å². The summed E-state index contributed by atoms with van der Waals surface area (Å²) >= 11 is 0. The molecule has 65 heavy (non-hydrogen) atoms. The largest absolute Gasteiger partial charge is 0.462 e. The average Bonchev–Trinajstić information content (AvgIpc) is 3.30. The molecule has 1 unspecified atom stereocenters. The number of hydrogen-bond donors (Lipinski definition) is 0. The Hall–Kier alpha value is -2.63. The highest BCUT2D eigenvalue weighted by Gasteiger charge is 2.19. The Kier molecular flexibility index (Phi) is 51.8. The molecule has 378 valence electrons. The summed E-state index contributed by atoms with van der Waals surface area (Å²) in [6.45, 7) is 6.54. The van der Waals surface area contributed by atoms with E-state index in [1.54, 1.807) is 0 Å². The fraction of sp³-hybridized carbons (Fsp3) is 0.814. The van der Waals surface area contributed by atoms with Crippen molar-refractivity contribution in [1.82, 2.24) is 0 Å². The van der Waals surface area contributed by atoms with E-state index in [9.17, 15) is 14.4 Å². The molecule has 0 N–H and O–H groups in total. The molecule has 6 nitrogen and oxygen atoms in total. The number of esters is 3. The van der Waals surface area contributed by atoms with Crippen LogP contribution in [0.5, 0.6) is 0 Å². The standard InChI is InChI=1S/C59H106O6/c1-4-7-10-13-16-19-22-25-27-29-31-34-37-40-43-46-49-52-58(61)64-55-56(54-63-57(60)51-48-45-42-39-36-33-24-21-18-15-12-9-6-3)65-59(62)53-50-47-44-41-38-35-32-30-28-26-23-20-17-14-11-8-5-2/h7,10,16,19,25,27,31,34,56H,4-6,8-9,11-15,17-18,20-24,26,28-30,32-33,35-55H2,1-3H3/b10-7-,19-16-,27-25-,34-31-. The van der Waals surface area contributed by atoms with Crippen LogP contribution < -0.4 is 0 Å². The summed E-state index contributed by atoms with van der Waals surface area (Å²) in [6, 6.07) is 0. The maximum absolute atomic E-state index is 12.8. The molecular formula is C59H106O6. The molecule has 0 spiro atoms. The smallest absolute Gasteiger partial charge is 0.306 e. The maximum atomic E-state index is 12.8. The van der Waals surface area contributed by atoms with E-state index >= 15 is 0 Å². The predicted octanol–water partition coefficient (Wildman–Crippen LogP) is 18.7. The van der Waals surface area contributed by atoms with Gasteiger partial charge in [0.05, 0.1) is 0 Å². The number of ether oxygens (including phenoxy) is 3. The second kappa shape index (κ2) is 54.0. The summed E-state index contributed by atoms with van der Waals surface area (Å²) in [4.78, 5) is 38.1. The summed E-state index contributed by atoms with van der Waals surface area (Å²) in [7, 11) is 0. The Labute approximate surface area is 403 Å². The molecule has 0 radical (unpaired) electrons. The minimum absolute atomic E-state index is 0.0767. The lowest BCUT2D eigenvalue weighted by atomic mass is 10.0. The van der Waals surface area contributed by atoms with Crippen LogP contribution in [0.4, 0.5) is 0 Å². The van der Waals surface area contributed by atoms with E-state index in [1.165, 1.54) is 154 Å². The monoisotopic (exact) mass is 911 g/mol. The van der Waals surface area contributed by atoms with Gasteiger partial charge < -0.3 is 14.2 Å². The first-order valence-electron chi connectivity index (χ1n) is 28.1. The quantitative estimate of drug-likeness (QED) is 0.0262. The molecule has 0 fully saturated rings. The van der Waals surface area contributed by atoms with Gasteiger partial charge in [-0.2, -0.15) is 0 Å². The number of carbonyl (C=O) groups is 3. The second-order valence-electron chi connectivity index (χ2n) is 18.8. The lowest BCUT2D eigenvalue weighted by Gasteiger charge is -2.18. The number of allylic oxidation sites excluding steroid dienone is 8. The van der Waals surface area contributed by atoms with Gasteiger partial charge in [-0.05, 0) is 57.8 Å². The first kappa shape index (κ1) is 62.4. The zero-order chi connectivity index (χ0) is 47.2. The molecular weight excluding hydrogens is 805 g/mol. The molecule has 0 aromatic rings. The Bertz CT molecular complexity index is 1140. The third-order valence-corrected chi connectivity index (χ3v) is 12.3. The van der Waals surface area contributed by atoms with E-state index in [2.05, 4.69) is 69.4 Å². The highest BCUT2D eigenvalue weighted by Crippen LogP contribution is 2.16. The van der Waals surface area contributed by atoms with Gasteiger partial charge in [0.1, 0.15) is 13.2 Å². The lowest BCUT2D eigenvalue weighted by Crippen LogP contribution is -2.30. The molecule has 0 bridgehead atoms. The fourth-order valence-corrected chi connectivity index (χ4v) is 8.14. The average molecular weight is 911 g/mol. The zero-order valence-electron chi connectivity index (χ0n) is 43.3. The fourth-order valence-electron chi connectivity index (χ4n) is 8.14. The topological polar surface area (TPSA) is 78.9 Å². The number of carbonyl (C=O) groups excluding carboxylic acids is 3. The van der Waals surface area contributed by atoms with Crippen LogP contribution in [-0.2, 0) is 28.6 Å². The predicted molar refractivity (Wildman–Crippen MR) is 279 cm³/mol. The van der Waals surface area contributed by atoms with E-state index < -0.39 is 6.10 Å². The minimum atomic E-state index is -0.779. The maximum Gasteiger partial charge on any atom is 0.306 e. The Balaban J connectivity index is 4.38. The van der Waals surface area contributed by atoms with Crippen molar-refractivity contribution in [3.05, 3.63) is 48.6 Å². The zero-order valence-corrected chi connectivity index (χ0v) is 43.3. The second-order valence-corrected chi connectivity index (χ2v) is 18.8. The SMILES string of the molecule is CC/C=C\C/C=C\C/C=C\C/C=C\CCCCCCC(=O)OCC(COC(=O)CCCCCCCCCCCCCCC)OC(=O)CCCCCCCCCCCCCCCCCCC. The summed E-state index contributed by atoms with van der Waals surface area (Å²) in [6.07, 6.45) is 65.2. The Morgan fingerprint density at radius 3 is 0.938 bits per heavy atom. The molecule has 0 heterocycles. The van der Waals surface area contributed by atoms with Crippen molar-refractivity contribution in [2.75, 3.05) is 13.2 Å². The van der Waals surface area contributed by atoms with Crippen molar-refractivity contribution in [2.45, 2.75) is 297 Å². The van der Waals surface area contributed by atoms with E-state index in [0.29, 0.717) is 19.3 Å². The van der Waals surface area contributed by atoms with Crippen LogP contribution in [0.25, 0.3) is 0 Å². The van der Waals surface area contributed by atoms with E-state index in [1.807, 2.05) is 0 Å². The molecule has 0 rings (SSSR count). The Morgan fingerprint density at radius 2 is 0.600 bits per heavy atom. The molecule has 0 saturated heterocycles. The van der Waals surface area contributed by atoms with Crippen molar-refractivity contribution in [3.8, 4) is 0 Å². The third kappa shape index (κ3) is 52.2. The van der Waals surface area contributed by atoms with Crippen molar-refractivity contribution in [3.63, 3.8) is 0 Å². The first-order valence-corrected chi connectivity index (χ1v) is 28.1. The van der Waals surface area contributed by atoms with Gasteiger partial charge in [0.25, 0.3) is 0 Å². The molecule has 0 aromatic carbocycles. The van der Waals surface area contributed by atoms with Gasteiger partial charge in [-0.15, -0.1) is 0 Å². The first-order chi connectivity index (χ1) is 32.0. The van der Waals surface area contributed by atoms with Gasteiger partial charge in [-0.1, -0.05) is 262 Å². The van der Waals surface area contributed by atoms with Crippen molar-refractivity contribution in [2.24, 2.45) is 0 Å². The molecule has 0 aliphatic carbocycles. The number of hydrogen-bond acceptors (Lipinski definition) is 6. The van der Waals surface area contributed by atoms with Crippen LogP contribution in [0.15, 0.2) is 48.6 Å². The Morgan fingerprint density at radius 1 is 0.323 bits per heavy atom. The molecule has 0 aromatic heterocycles. The van der Waals surface area contributed by atoms with Gasteiger partial charge in [-0.3, -0.25) is 14.4 Å². The molecule has 0 aliphatic rings. The van der Waals surface area contributed by atoms with Crippen LogP contribution in [0, 0.1) is 0 Å². The van der Waals surface area contributed by atoms with Gasteiger partial charge >= 0.3 is 17.9 Å². The molecule has 0 amide bonds. The van der Waals surface area contributed by atoms with Gasteiger partial charge in [0, 0.05) is 19.3 Å².